The zero-order valence-corrected chi connectivity index (χ0v) is 9.58. The van der Waals surface area contributed by atoms with Crippen molar-refractivity contribution in [2.45, 2.75) is 12.3 Å². The maximum absolute atomic E-state index is 5.89. The Bertz CT molecular complexity index is 437. The Morgan fingerprint density at radius 1 is 1.29 bits per heavy atom. The molecule has 14 heavy (non-hydrogen) atoms. The van der Waals surface area contributed by atoms with Crippen LogP contribution in [0.15, 0.2) is 12.1 Å². The first-order valence-electron chi connectivity index (χ1n) is 4.06. The standard InChI is InChI=1S/C9H7Cl3N2/c1-4(10)9-13-7-2-5(11)6(12)3-8(7)14-9/h2-4H,1H3,(H,13,14). The molecule has 0 amide bonds. The SMILES string of the molecule is CC(Cl)c1nc2cc(Cl)c(Cl)cc2[nH]1. The number of benzene rings is 1. The highest BCUT2D eigenvalue weighted by molar-refractivity contribution is 6.42. The highest BCUT2D eigenvalue weighted by Gasteiger charge is 2.09. The van der Waals surface area contributed by atoms with Crippen LogP contribution in [-0.4, -0.2) is 9.97 Å². The third-order valence-corrected chi connectivity index (χ3v) is 2.85. The summed E-state index contributed by atoms with van der Waals surface area (Å²) < 4.78 is 0. The van der Waals surface area contributed by atoms with Crippen LogP contribution in [0.2, 0.25) is 10.0 Å². The second kappa shape index (κ2) is 3.61. The molecule has 0 fully saturated rings. The van der Waals surface area contributed by atoms with E-state index in [2.05, 4.69) is 9.97 Å². The van der Waals surface area contributed by atoms with Crippen LogP contribution in [0.5, 0.6) is 0 Å². The molecule has 74 valence electrons. The molecule has 1 heterocycles. The molecule has 2 rings (SSSR count). The second-order valence-electron chi connectivity index (χ2n) is 3.02. The fourth-order valence-electron chi connectivity index (χ4n) is 1.21. The third kappa shape index (κ3) is 1.70. The monoisotopic (exact) mass is 248 g/mol. The van der Waals surface area contributed by atoms with Gasteiger partial charge in [0, 0.05) is 0 Å². The molecule has 2 nitrogen and oxygen atoms in total. The number of imidazole rings is 1. The Morgan fingerprint density at radius 2 is 1.93 bits per heavy atom. The van der Waals surface area contributed by atoms with Crippen LogP contribution >= 0.6 is 34.8 Å². The zero-order chi connectivity index (χ0) is 10.3. The number of aromatic amines is 1. The van der Waals surface area contributed by atoms with Crippen molar-refractivity contribution in [3.63, 3.8) is 0 Å². The molecule has 1 unspecified atom stereocenters. The van der Waals surface area contributed by atoms with Gasteiger partial charge in [0.1, 0.15) is 5.82 Å². The topological polar surface area (TPSA) is 28.7 Å². The molecule has 0 aliphatic rings. The summed E-state index contributed by atoms with van der Waals surface area (Å²) in [6.07, 6.45) is 0. The van der Waals surface area contributed by atoms with Gasteiger partial charge >= 0.3 is 0 Å². The van der Waals surface area contributed by atoms with Gasteiger partial charge in [0.05, 0.1) is 26.5 Å². The largest absolute Gasteiger partial charge is 0.341 e. The molecule has 1 atom stereocenters. The van der Waals surface area contributed by atoms with Crippen LogP contribution in [0, 0.1) is 0 Å². The number of aromatic nitrogens is 2. The second-order valence-corrected chi connectivity index (χ2v) is 4.49. The highest BCUT2D eigenvalue weighted by Crippen LogP contribution is 2.28. The molecule has 1 aromatic carbocycles. The summed E-state index contributed by atoms with van der Waals surface area (Å²) >= 11 is 17.6. The van der Waals surface area contributed by atoms with Crippen LogP contribution < -0.4 is 0 Å². The maximum atomic E-state index is 5.89. The van der Waals surface area contributed by atoms with E-state index in [0.29, 0.717) is 10.0 Å². The van der Waals surface area contributed by atoms with Gasteiger partial charge in [-0.25, -0.2) is 4.98 Å². The Kier molecular flexibility index (Phi) is 2.60. The van der Waals surface area contributed by atoms with E-state index in [-0.39, 0.29) is 5.38 Å². The van der Waals surface area contributed by atoms with Gasteiger partial charge in [-0.15, -0.1) is 11.6 Å². The molecule has 1 N–H and O–H groups in total. The van der Waals surface area contributed by atoms with E-state index in [1.54, 1.807) is 12.1 Å². The van der Waals surface area contributed by atoms with Crippen molar-refractivity contribution >= 4 is 45.8 Å². The molecule has 0 saturated heterocycles. The summed E-state index contributed by atoms with van der Waals surface area (Å²) in [6, 6.07) is 3.47. The van der Waals surface area contributed by atoms with Gasteiger partial charge in [-0.1, -0.05) is 23.2 Å². The van der Waals surface area contributed by atoms with Crippen molar-refractivity contribution in [1.82, 2.24) is 9.97 Å². The van der Waals surface area contributed by atoms with Crippen molar-refractivity contribution in [2.24, 2.45) is 0 Å². The number of hydrogen-bond acceptors (Lipinski definition) is 1. The summed E-state index contributed by atoms with van der Waals surface area (Å²) in [5, 5.41) is 0.857. The number of H-pyrrole nitrogens is 1. The molecule has 5 heteroatoms. The van der Waals surface area contributed by atoms with Gasteiger partial charge in [0.15, 0.2) is 0 Å². The molecule has 0 bridgehead atoms. The number of alkyl halides is 1. The van der Waals surface area contributed by atoms with Gasteiger partial charge < -0.3 is 4.98 Å². The van der Waals surface area contributed by atoms with Gasteiger partial charge in [-0.3, -0.25) is 0 Å². The van der Waals surface area contributed by atoms with E-state index in [9.17, 15) is 0 Å². The zero-order valence-electron chi connectivity index (χ0n) is 7.31. The Balaban J connectivity index is 2.66. The van der Waals surface area contributed by atoms with Crippen molar-refractivity contribution < 1.29 is 0 Å². The normalized spacial score (nSPS) is 13.4. The molecule has 0 radical (unpaired) electrons. The Hall–Kier alpha value is -0.440. The summed E-state index contributed by atoms with van der Waals surface area (Å²) in [5.74, 6) is 0.722. The fourth-order valence-corrected chi connectivity index (χ4v) is 1.64. The molecule has 0 aliphatic carbocycles. The van der Waals surface area contributed by atoms with E-state index in [0.717, 1.165) is 16.9 Å². The van der Waals surface area contributed by atoms with Gasteiger partial charge in [0.25, 0.3) is 0 Å². The summed E-state index contributed by atoms with van der Waals surface area (Å²) in [6.45, 7) is 1.85. The average molecular weight is 250 g/mol. The molecule has 0 saturated carbocycles. The highest BCUT2D eigenvalue weighted by atomic mass is 35.5. The van der Waals surface area contributed by atoms with Crippen LogP contribution in [0.25, 0.3) is 11.0 Å². The number of nitrogens with zero attached hydrogens (tertiary/aromatic N) is 1. The molecule has 0 aliphatic heterocycles. The lowest BCUT2D eigenvalue weighted by Gasteiger charge is -1.93. The smallest absolute Gasteiger partial charge is 0.125 e. The quantitative estimate of drug-likeness (QED) is 0.755. The van der Waals surface area contributed by atoms with Crippen LogP contribution in [0.1, 0.15) is 18.1 Å². The van der Waals surface area contributed by atoms with Gasteiger partial charge in [0.2, 0.25) is 0 Å². The molecule has 0 spiro atoms. The maximum Gasteiger partial charge on any atom is 0.125 e. The molecule has 1 aromatic heterocycles. The summed E-state index contributed by atoms with van der Waals surface area (Å²) in [5.41, 5.74) is 1.63. The number of fused-ring (bicyclic) bond motifs is 1. The van der Waals surface area contributed by atoms with Crippen molar-refractivity contribution in [2.75, 3.05) is 0 Å². The van der Waals surface area contributed by atoms with Crippen molar-refractivity contribution in [1.29, 1.82) is 0 Å². The molecule has 2 aromatic rings. The predicted octanol–water partition coefficient (Wildman–Crippen LogP) is 4.17. The Morgan fingerprint density at radius 3 is 2.57 bits per heavy atom. The predicted molar refractivity (Wildman–Crippen MR) is 60.4 cm³/mol. The van der Waals surface area contributed by atoms with Crippen molar-refractivity contribution in [3.05, 3.63) is 28.0 Å². The summed E-state index contributed by atoms with van der Waals surface area (Å²) in [4.78, 5) is 7.36. The number of rotatable bonds is 1. The van der Waals surface area contributed by atoms with Crippen LogP contribution in [0.3, 0.4) is 0 Å². The lowest BCUT2D eigenvalue weighted by atomic mass is 10.3. The van der Waals surface area contributed by atoms with E-state index < -0.39 is 0 Å². The van der Waals surface area contributed by atoms with E-state index in [1.165, 1.54) is 0 Å². The van der Waals surface area contributed by atoms with Gasteiger partial charge in [-0.2, -0.15) is 0 Å². The Labute approximate surface area is 96.2 Å². The number of nitrogens with one attached hydrogen (secondary N) is 1. The van der Waals surface area contributed by atoms with Crippen LogP contribution in [-0.2, 0) is 0 Å². The first kappa shape index (κ1) is 10.1. The van der Waals surface area contributed by atoms with Crippen molar-refractivity contribution in [3.8, 4) is 0 Å². The van der Waals surface area contributed by atoms with E-state index in [1.807, 2.05) is 6.92 Å². The minimum absolute atomic E-state index is 0.153. The first-order valence-corrected chi connectivity index (χ1v) is 5.26. The van der Waals surface area contributed by atoms with E-state index >= 15 is 0 Å². The third-order valence-electron chi connectivity index (χ3n) is 1.92. The fraction of sp³-hybridized carbons (Fsp3) is 0.222. The number of hydrogen-bond donors (Lipinski definition) is 1. The summed E-state index contributed by atoms with van der Waals surface area (Å²) in [7, 11) is 0. The van der Waals surface area contributed by atoms with E-state index in [4.69, 9.17) is 34.8 Å². The van der Waals surface area contributed by atoms with Gasteiger partial charge in [-0.05, 0) is 19.1 Å². The van der Waals surface area contributed by atoms with Crippen LogP contribution in [0.4, 0.5) is 0 Å². The minimum atomic E-state index is -0.153. The lowest BCUT2D eigenvalue weighted by molar-refractivity contribution is 0.962. The lowest BCUT2D eigenvalue weighted by Crippen LogP contribution is -1.85. The average Bonchev–Trinajstić information content (AvgIpc) is 2.48. The molecular formula is C9H7Cl3N2. The number of halogens is 3. The molecular weight excluding hydrogens is 242 g/mol. The minimum Gasteiger partial charge on any atom is -0.341 e. The first-order chi connectivity index (χ1) is 6.58.